The molecule has 2 heterocycles. The number of hydrogen-bond donors (Lipinski definition) is 1. The van der Waals surface area contributed by atoms with E-state index in [0.717, 1.165) is 10.1 Å². The lowest BCUT2D eigenvalue weighted by molar-refractivity contribution is -0.122. The predicted octanol–water partition coefficient (Wildman–Crippen LogP) is 1.43. The van der Waals surface area contributed by atoms with Crippen molar-refractivity contribution in [3.05, 3.63) is 62.6 Å². The van der Waals surface area contributed by atoms with Crippen LogP contribution in [0.5, 0.6) is 0 Å². The van der Waals surface area contributed by atoms with Crippen LogP contribution in [-0.4, -0.2) is 24.6 Å². The van der Waals surface area contributed by atoms with Crippen molar-refractivity contribution >= 4 is 17.1 Å². The smallest absolute Gasteiger partial charge is 0.332 e. The maximum absolute atomic E-state index is 12.7. The van der Waals surface area contributed by atoms with E-state index in [1.54, 1.807) is 11.6 Å². The van der Waals surface area contributed by atoms with E-state index >= 15 is 0 Å². The van der Waals surface area contributed by atoms with Crippen LogP contribution in [0.3, 0.4) is 0 Å². The standard InChI is InChI=1S/C20H25N5O3/c1-12(2)14-6-8-15(9-7-14)13(3)22-16(26)10-25-19(27)17-18(21-11-23(17)4)24(5)20(25)28/h6-9,11-13H,10H2,1-5H3,(H,22,26). The van der Waals surface area contributed by atoms with Gasteiger partial charge in [-0.25, -0.2) is 14.3 Å². The van der Waals surface area contributed by atoms with Gasteiger partial charge in [-0.2, -0.15) is 0 Å². The molecule has 0 fully saturated rings. The number of aryl methyl sites for hydroxylation is 2. The molecule has 0 saturated heterocycles. The van der Waals surface area contributed by atoms with Crippen molar-refractivity contribution in [3.63, 3.8) is 0 Å². The lowest BCUT2D eigenvalue weighted by atomic mass is 9.99. The number of amides is 1. The Bertz CT molecular complexity index is 1140. The van der Waals surface area contributed by atoms with Gasteiger partial charge in [-0.3, -0.25) is 14.2 Å². The number of carbonyl (C=O) groups is 1. The largest absolute Gasteiger partial charge is 0.348 e. The van der Waals surface area contributed by atoms with Crippen molar-refractivity contribution in [2.24, 2.45) is 14.1 Å². The highest BCUT2D eigenvalue weighted by atomic mass is 16.2. The molecule has 28 heavy (non-hydrogen) atoms. The first-order valence-corrected chi connectivity index (χ1v) is 9.20. The van der Waals surface area contributed by atoms with Crippen LogP contribution in [0.2, 0.25) is 0 Å². The average molecular weight is 383 g/mol. The first-order chi connectivity index (χ1) is 13.2. The second kappa shape index (κ2) is 7.46. The monoisotopic (exact) mass is 383 g/mol. The van der Waals surface area contributed by atoms with Gasteiger partial charge in [-0.1, -0.05) is 38.1 Å². The van der Waals surface area contributed by atoms with Gasteiger partial charge in [0.25, 0.3) is 5.56 Å². The minimum atomic E-state index is -0.569. The Labute approximate surface area is 162 Å². The Kier molecular flexibility index (Phi) is 5.22. The quantitative estimate of drug-likeness (QED) is 0.722. The van der Waals surface area contributed by atoms with Gasteiger partial charge in [0.05, 0.1) is 12.4 Å². The molecular weight excluding hydrogens is 358 g/mol. The fraction of sp³-hybridized carbons (Fsp3) is 0.400. The molecule has 2 aromatic heterocycles. The molecule has 1 unspecified atom stereocenters. The fourth-order valence-electron chi connectivity index (χ4n) is 3.22. The lowest BCUT2D eigenvalue weighted by Crippen LogP contribution is -2.43. The third kappa shape index (κ3) is 3.49. The first kappa shape index (κ1) is 19.6. The van der Waals surface area contributed by atoms with Gasteiger partial charge in [0.1, 0.15) is 6.54 Å². The third-order valence-electron chi connectivity index (χ3n) is 4.98. The molecule has 0 spiro atoms. The topological polar surface area (TPSA) is 90.9 Å². The zero-order valence-corrected chi connectivity index (χ0v) is 16.8. The summed E-state index contributed by atoms with van der Waals surface area (Å²) in [7, 11) is 3.21. The second-order valence-corrected chi connectivity index (χ2v) is 7.37. The Morgan fingerprint density at radius 2 is 1.68 bits per heavy atom. The maximum Gasteiger partial charge on any atom is 0.332 e. The van der Waals surface area contributed by atoms with Gasteiger partial charge >= 0.3 is 5.69 Å². The van der Waals surface area contributed by atoms with Crippen LogP contribution in [0, 0.1) is 0 Å². The number of nitrogens with one attached hydrogen (secondary N) is 1. The zero-order valence-electron chi connectivity index (χ0n) is 16.8. The molecular formula is C20H25N5O3. The number of hydrogen-bond acceptors (Lipinski definition) is 4. The molecule has 3 aromatic rings. The second-order valence-electron chi connectivity index (χ2n) is 7.37. The summed E-state index contributed by atoms with van der Waals surface area (Å²) in [6, 6.07) is 7.80. The van der Waals surface area contributed by atoms with Crippen molar-refractivity contribution in [2.45, 2.75) is 39.3 Å². The van der Waals surface area contributed by atoms with Gasteiger partial charge in [-0.05, 0) is 24.0 Å². The number of carbonyl (C=O) groups excluding carboxylic acids is 1. The summed E-state index contributed by atoms with van der Waals surface area (Å²) in [5.41, 5.74) is 1.67. The van der Waals surface area contributed by atoms with Crippen molar-refractivity contribution in [2.75, 3.05) is 0 Å². The van der Waals surface area contributed by atoms with Gasteiger partial charge in [0, 0.05) is 14.1 Å². The number of rotatable bonds is 5. The molecule has 0 aliphatic heterocycles. The van der Waals surface area contributed by atoms with E-state index in [1.165, 1.54) is 23.5 Å². The number of imidazole rings is 1. The molecule has 1 atom stereocenters. The third-order valence-corrected chi connectivity index (χ3v) is 4.98. The Balaban J connectivity index is 1.82. The summed E-state index contributed by atoms with van der Waals surface area (Å²) in [6.07, 6.45) is 1.47. The van der Waals surface area contributed by atoms with Crippen molar-refractivity contribution in [3.8, 4) is 0 Å². The lowest BCUT2D eigenvalue weighted by Gasteiger charge is -2.16. The maximum atomic E-state index is 12.7. The highest BCUT2D eigenvalue weighted by Gasteiger charge is 2.18. The van der Waals surface area contributed by atoms with Crippen molar-refractivity contribution < 1.29 is 4.79 Å². The highest BCUT2D eigenvalue weighted by molar-refractivity contribution is 5.77. The molecule has 0 bridgehead atoms. The van der Waals surface area contributed by atoms with Crippen LogP contribution in [0.15, 0.2) is 40.2 Å². The number of fused-ring (bicyclic) bond motifs is 1. The van der Waals surface area contributed by atoms with Crippen LogP contribution < -0.4 is 16.6 Å². The Hall–Kier alpha value is -3.16. The fourth-order valence-corrected chi connectivity index (χ4v) is 3.22. The number of benzene rings is 1. The van der Waals surface area contributed by atoms with Crippen molar-refractivity contribution in [1.29, 1.82) is 0 Å². The van der Waals surface area contributed by atoms with Crippen LogP contribution in [-0.2, 0) is 25.4 Å². The zero-order chi connectivity index (χ0) is 20.6. The molecule has 0 aliphatic rings. The number of aromatic nitrogens is 4. The summed E-state index contributed by atoms with van der Waals surface area (Å²) < 4.78 is 3.76. The summed E-state index contributed by atoms with van der Waals surface area (Å²) in [5.74, 6) is 0.0325. The summed E-state index contributed by atoms with van der Waals surface area (Å²) in [4.78, 5) is 41.8. The number of nitrogens with zero attached hydrogens (tertiary/aromatic N) is 4. The normalized spacial score (nSPS) is 12.5. The Morgan fingerprint density at radius 3 is 2.29 bits per heavy atom. The van der Waals surface area contributed by atoms with Crippen LogP contribution >= 0.6 is 0 Å². The van der Waals surface area contributed by atoms with E-state index in [1.807, 2.05) is 31.2 Å². The van der Waals surface area contributed by atoms with Crippen LogP contribution in [0.4, 0.5) is 0 Å². The highest BCUT2D eigenvalue weighted by Crippen LogP contribution is 2.18. The summed E-state index contributed by atoms with van der Waals surface area (Å²) >= 11 is 0. The molecule has 148 valence electrons. The van der Waals surface area contributed by atoms with E-state index in [-0.39, 0.29) is 18.1 Å². The van der Waals surface area contributed by atoms with E-state index < -0.39 is 17.2 Å². The molecule has 8 heteroatoms. The van der Waals surface area contributed by atoms with Gasteiger partial charge in [0.15, 0.2) is 11.2 Å². The minimum Gasteiger partial charge on any atom is -0.348 e. The minimum absolute atomic E-state index is 0.242. The molecule has 1 N–H and O–H groups in total. The van der Waals surface area contributed by atoms with Gasteiger partial charge in [-0.15, -0.1) is 0 Å². The molecule has 1 amide bonds. The first-order valence-electron chi connectivity index (χ1n) is 9.20. The van der Waals surface area contributed by atoms with Crippen LogP contribution in [0.25, 0.3) is 11.2 Å². The SMILES string of the molecule is CC(C)c1ccc(C(C)NC(=O)Cn2c(=O)c3c(ncn3C)n(C)c2=O)cc1. The van der Waals surface area contributed by atoms with E-state index in [4.69, 9.17) is 0 Å². The van der Waals surface area contributed by atoms with Gasteiger partial charge in [0.2, 0.25) is 5.91 Å². The molecule has 0 radical (unpaired) electrons. The van der Waals surface area contributed by atoms with Crippen molar-refractivity contribution in [1.82, 2.24) is 24.0 Å². The summed E-state index contributed by atoms with van der Waals surface area (Å²) in [6.45, 7) is 5.77. The average Bonchev–Trinajstić information content (AvgIpc) is 3.05. The van der Waals surface area contributed by atoms with Crippen LogP contribution in [0.1, 0.15) is 43.9 Å². The molecule has 0 aliphatic carbocycles. The van der Waals surface area contributed by atoms with E-state index in [0.29, 0.717) is 11.6 Å². The molecule has 1 aromatic carbocycles. The molecule has 3 rings (SSSR count). The molecule has 0 saturated carbocycles. The van der Waals surface area contributed by atoms with E-state index in [9.17, 15) is 14.4 Å². The predicted molar refractivity (Wildman–Crippen MR) is 107 cm³/mol. The summed E-state index contributed by atoms with van der Waals surface area (Å²) in [5, 5.41) is 2.85. The molecule has 8 nitrogen and oxygen atoms in total. The van der Waals surface area contributed by atoms with Gasteiger partial charge < -0.3 is 9.88 Å². The van der Waals surface area contributed by atoms with E-state index in [2.05, 4.69) is 24.1 Å². The Morgan fingerprint density at radius 1 is 1.07 bits per heavy atom.